The molecule has 1 aliphatic carbocycles. The second-order valence-corrected chi connectivity index (χ2v) is 6.67. The van der Waals surface area contributed by atoms with Crippen LogP contribution >= 0.6 is 0 Å². The van der Waals surface area contributed by atoms with Gasteiger partial charge in [0, 0.05) is 12.1 Å². The number of benzene rings is 1. The predicted octanol–water partition coefficient (Wildman–Crippen LogP) is 4.73. The Labute approximate surface area is 140 Å². The average molecular weight is 315 g/mol. The lowest BCUT2D eigenvalue weighted by Crippen LogP contribution is -2.24. The second kappa shape index (κ2) is 9.39. The van der Waals surface area contributed by atoms with Gasteiger partial charge in [-0.2, -0.15) is 0 Å². The maximum absolute atomic E-state index is 12.1. The largest absolute Gasteiger partial charge is 0.494 e. The summed E-state index contributed by atoms with van der Waals surface area (Å²) in [5.74, 6) is 1.46. The van der Waals surface area contributed by atoms with E-state index >= 15 is 0 Å². The highest BCUT2D eigenvalue weighted by molar-refractivity contribution is 5.94. The van der Waals surface area contributed by atoms with Crippen molar-refractivity contribution in [3.63, 3.8) is 0 Å². The van der Waals surface area contributed by atoms with E-state index in [1.165, 1.54) is 31.3 Å². The third-order valence-corrected chi connectivity index (χ3v) is 4.20. The molecule has 1 aromatic rings. The molecule has 1 N–H and O–H groups in total. The molecule has 0 unspecified atom stereocenters. The second-order valence-electron chi connectivity index (χ2n) is 6.67. The number of hydrogen-bond acceptors (Lipinski definition) is 2. The summed E-state index contributed by atoms with van der Waals surface area (Å²) in [6.07, 6.45) is 9.33. The molecule has 0 fully saturated rings. The number of nitrogens with one attached hydrogen (secondary N) is 1. The van der Waals surface area contributed by atoms with E-state index in [-0.39, 0.29) is 5.91 Å². The number of amides is 1. The highest BCUT2D eigenvalue weighted by Crippen LogP contribution is 2.19. The van der Waals surface area contributed by atoms with Crippen molar-refractivity contribution in [2.24, 2.45) is 5.92 Å². The first-order valence-electron chi connectivity index (χ1n) is 8.84. The molecule has 0 heterocycles. The summed E-state index contributed by atoms with van der Waals surface area (Å²) < 4.78 is 5.67. The zero-order valence-corrected chi connectivity index (χ0v) is 14.4. The summed E-state index contributed by atoms with van der Waals surface area (Å²) in [6, 6.07) is 7.41. The van der Waals surface area contributed by atoms with Crippen LogP contribution in [-0.4, -0.2) is 19.1 Å². The summed E-state index contributed by atoms with van der Waals surface area (Å²) in [5.41, 5.74) is 2.18. The van der Waals surface area contributed by atoms with E-state index in [1.807, 2.05) is 24.3 Å². The fourth-order valence-electron chi connectivity index (χ4n) is 2.69. The molecule has 1 amide bonds. The fourth-order valence-corrected chi connectivity index (χ4v) is 2.69. The Kier molecular flexibility index (Phi) is 7.18. The van der Waals surface area contributed by atoms with E-state index in [1.54, 1.807) is 0 Å². The molecule has 3 heteroatoms. The Morgan fingerprint density at radius 2 is 2.00 bits per heavy atom. The Morgan fingerprint density at radius 1 is 1.22 bits per heavy atom. The van der Waals surface area contributed by atoms with Gasteiger partial charge >= 0.3 is 0 Å². The van der Waals surface area contributed by atoms with Crippen LogP contribution in [0.25, 0.3) is 0 Å². The number of rotatable bonds is 8. The summed E-state index contributed by atoms with van der Waals surface area (Å²) in [6.45, 7) is 5.80. The maximum Gasteiger partial charge on any atom is 0.251 e. The van der Waals surface area contributed by atoms with Gasteiger partial charge in [-0.05, 0) is 68.7 Å². The molecule has 3 nitrogen and oxygen atoms in total. The van der Waals surface area contributed by atoms with Crippen LogP contribution in [0.5, 0.6) is 5.75 Å². The third kappa shape index (κ3) is 6.47. The number of carbonyl (C=O) groups excluding carboxylic acids is 1. The number of hydrogen-bond donors (Lipinski definition) is 1. The molecule has 0 aromatic heterocycles. The number of ether oxygens (including phenoxy) is 1. The number of carbonyl (C=O) groups is 1. The molecule has 1 aliphatic rings. The van der Waals surface area contributed by atoms with E-state index in [4.69, 9.17) is 4.74 Å². The minimum Gasteiger partial charge on any atom is -0.494 e. The quantitative estimate of drug-likeness (QED) is 0.704. The predicted molar refractivity (Wildman–Crippen MR) is 94.9 cm³/mol. The first-order chi connectivity index (χ1) is 11.1. The van der Waals surface area contributed by atoms with Crippen LogP contribution in [-0.2, 0) is 0 Å². The van der Waals surface area contributed by atoms with Crippen molar-refractivity contribution in [1.82, 2.24) is 5.32 Å². The van der Waals surface area contributed by atoms with Crippen molar-refractivity contribution >= 4 is 5.91 Å². The van der Waals surface area contributed by atoms with E-state index in [0.717, 1.165) is 31.7 Å². The molecule has 0 bridgehead atoms. The molecule has 0 spiro atoms. The highest BCUT2D eigenvalue weighted by Gasteiger charge is 2.07. The van der Waals surface area contributed by atoms with Crippen LogP contribution < -0.4 is 10.1 Å². The van der Waals surface area contributed by atoms with E-state index in [2.05, 4.69) is 25.2 Å². The zero-order chi connectivity index (χ0) is 16.5. The fraction of sp³-hybridized carbons (Fsp3) is 0.550. The summed E-state index contributed by atoms with van der Waals surface area (Å²) in [5, 5.41) is 3.00. The van der Waals surface area contributed by atoms with Crippen LogP contribution in [0, 0.1) is 5.92 Å². The van der Waals surface area contributed by atoms with Gasteiger partial charge < -0.3 is 10.1 Å². The van der Waals surface area contributed by atoms with Gasteiger partial charge in [0.15, 0.2) is 0 Å². The Bertz CT molecular complexity index is 517. The number of allylic oxidation sites excluding steroid dienone is 1. The molecule has 0 saturated carbocycles. The van der Waals surface area contributed by atoms with Gasteiger partial charge in [-0.1, -0.05) is 25.5 Å². The van der Waals surface area contributed by atoms with Crippen molar-refractivity contribution in [3.05, 3.63) is 41.5 Å². The molecular formula is C20H29NO2. The highest BCUT2D eigenvalue weighted by atomic mass is 16.5. The molecule has 0 saturated heterocycles. The van der Waals surface area contributed by atoms with Crippen LogP contribution in [0.2, 0.25) is 0 Å². The van der Waals surface area contributed by atoms with Crippen molar-refractivity contribution in [3.8, 4) is 5.75 Å². The summed E-state index contributed by atoms with van der Waals surface area (Å²) in [4.78, 5) is 12.1. The van der Waals surface area contributed by atoms with Crippen LogP contribution in [0.15, 0.2) is 35.9 Å². The molecule has 1 aromatic carbocycles. The lowest BCUT2D eigenvalue weighted by molar-refractivity contribution is 0.0954. The summed E-state index contributed by atoms with van der Waals surface area (Å²) in [7, 11) is 0. The first-order valence-corrected chi connectivity index (χ1v) is 8.84. The van der Waals surface area contributed by atoms with Crippen LogP contribution in [0.4, 0.5) is 0 Å². The van der Waals surface area contributed by atoms with Crippen molar-refractivity contribution in [2.75, 3.05) is 13.2 Å². The summed E-state index contributed by atoms with van der Waals surface area (Å²) >= 11 is 0. The minimum absolute atomic E-state index is 0.00450. The first kappa shape index (κ1) is 17.6. The third-order valence-electron chi connectivity index (χ3n) is 4.20. The molecule has 0 aliphatic heterocycles. The Hall–Kier alpha value is -1.77. The smallest absolute Gasteiger partial charge is 0.251 e. The van der Waals surface area contributed by atoms with Gasteiger partial charge in [-0.15, -0.1) is 0 Å². The molecule has 2 rings (SSSR count). The topological polar surface area (TPSA) is 38.3 Å². The van der Waals surface area contributed by atoms with Gasteiger partial charge in [-0.25, -0.2) is 0 Å². The standard InChI is InChI=1S/C20H29NO2/c1-16(2)13-15-23-19-10-8-18(9-11-19)20(22)21-14-12-17-6-4-3-5-7-17/h6,8-11,16H,3-5,7,12-15H2,1-2H3,(H,21,22). The van der Waals surface area contributed by atoms with E-state index in [9.17, 15) is 4.79 Å². The van der Waals surface area contributed by atoms with Gasteiger partial charge in [0.05, 0.1) is 6.61 Å². The molecule has 126 valence electrons. The SMILES string of the molecule is CC(C)CCOc1ccc(C(=O)NCCC2=CCCCC2)cc1. The van der Waals surface area contributed by atoms with Gasteiger partial charge in [0.2, 0.25) is 0 Å². The van der Waals surface area contributed by atoms with Crippen molar-refractivity contribution in [1.29, 1.82) is 0 Å². The van der Waals surface area contributed by atoms with Gasteiger partial charge in [-0.3, -0.25) is 4.79 Å². The average Bonchev–Trinajstić information content (AvgIpc) is 2.56. The monoisotopic (exact) mass is 315 g/mol. The van der Waals surface area contributed by atoms with E-state index in [0.29, 0.717) is 11.5 Å². The molecule has 23 heavy (non-hydrogen) atoms. The molecule has 0 atom stereocenters. The zero-order valence-electron chi connectivity index (χ0n) is 14.4. The minimum atomic E-state index is -0.00450. The van der Waals surface area contributed by atoms with Gasteiger partial charge in [0.25, 0.3) is 5.91 Å². The molecular weight excluding hydrogens is 286 g/mol. The Balaban J connectivity index is 1.72. The maximum atomic E-state index is 12.1. The van der Waals surface area contributed by atoms with Crippen molar-refractivity contribution < 1.29 is 9.53 Å². The lowest BCUT2D eigenvalue weighted by atomic mass is 9.97. The van der Waals surface area contributed by atoms with Crippen LogP contribution in [0.1, 0.15) is 62.7 Å². The Morgan fingerprint density at radius 3 is 2.65 bits per heavy atom. The lowest BCUT2D eigenvalue weighted by Gasteiger charge is -2.13. The normalized spacial score (nSPS) is 14.5. The van der Waals surface area contributed by atoms with Crippen LogP contribution in [0.3, 0.4) is 0 Å². The van der Waals surface area contributed by atoms with Crippen molar-refractivity contribution in [2.45, 2.75) is 52.4 Å². The van der Waals surface area contributed by atoms with E-state index < -0.39 is 0 Å². The molecule has 0 radical (unpaired) electrons. The van der Waals surface area contributed by atoms with Gasteiger partial charge in [0.1, 0.15) is 5.75 Å².